The molecule has 0 bridgehead atoms. The van der Waals surface area contributed by atoms with Crippen LogP contribution in [0.5, 0.6) is 0 Å². The molecule has 8 heteroatoms. The average molecular weight is 805 g/mol. The number of aryl methyl sites for hydroxylation is 2. The molecule has 5 aromatic heterocycles. The van der Waals surface area contributed by atoms with E-state index in [2.05, 4.69) is 120 Å². The summed E-state index contributed by atoms with van der Waals surface area (Å²) >= 11 is 7.35. The zero-order chi connectivity index (χ0) is 39.1. The molecular weight excluding hydrogens is 753 g/mol. The van der Waals surface area contributed by atoms with Crippen LogP contribution in [-0.4, -0.2) is 21.5 Å². The Hall–Kier alpha value is -3.95. The van der Waals surface area contributed by atoms with Gasteiger partial charge in [0.15, 0.2) is 0 Å². The average Bonchev–Trinajstić information content (AvgIpc) is 3.98. The third kappa shape index (κ3) is 10.7. The second kappa shape index (κ2) is 18.3. The van der Waals surface area contributed by atoms with Crippen LogP contribution in [0.1, 0.15) is 83.4 Å². The minimum absolute atomic E-state index is 0.178. The van der Waals surface area contributed by atoms with Crippen LogP contribution < -0.4 is 0 Å². The molecule has 5 heterocycles. The molecule has 4 nitrogen and oxygen atoms in total. The van der Waals surface area contributed by atoms with E-state index in [1.807, 2.05) is 60.0 Å². The summed E-state index contributed by atoms with van der Waals surface area (Å²) in [7, 11) is 0. The molecule has 1 unspecified atom stereocenters. The van der Waals surface area contributed by atoms with Crippen LogP contribution in [0.2, 0.25) is 0 Å². The predicted octanol–water partition coefficient (Wildman–Crippen LogP) is 15.4. The van der Waals surface area contributed by atoms with Crippen molar-refractivity contribution in [2.75, 3.05) is 0 Å². The van der Waals surface area contributed by atoms with Gasteiger partial charge in [-0.25, -0.2) is 9.97 Å². The third-order valence-electron chi connectivity index (χ3n) is 9.59. The van der Waals surface area contributed by atoms with Gasteiger partial charge in [-0.15, -0.1) is 45.3 Å². The maximum absolute atomic E-state index is 10.9. The van der Waals surface area contributed by atoms with Gasteiger partial charge in [-0.2, -0.15) is 0 Å². The van der Waals surface area contributed by atoms with Gasteiger partial charge in [0, 0.05) is 52.2 Å². The first-order valence-corrected chi connectivity index (χ1v) is 22.5. The van der Waals surface area contributed by atoms with E-state index >= 15 is 0 Å². The van der Waals surface area contributed by atoms with Gasteiger partial charge in [0.25, 0.3) is 0 Å². The molecule has 0 aliphatic heterocycles. The molecule has 0 aliphatic rings. The largest absolute Gasteiger partial charge is 0.460 e. The Morgan fingerprint density at radius 1 is 0.636 bits per heavy atom. The van der Waals surface area contributed by atoms with Crippen LogP contribution in [-0.2, 0) is 9.53 Å². The van der Waals surface area contributed by atoms with E-state index in [9.17, 15) is 4.79 Å². The molecule has 0 aliphatic carbocycles. The van der Waals surface area contributed by atoms with Gasteiger partial charge >= 0.3 is 5.97 Å². The first-order chi connectivity index (χ1) is 26.4. The minimum atomic E-state index is -0.307. The van der Waals surface area contributed by atoms with Crippen LogP contribution in [0.4, 0.5) is 0 Å². The summed E-state index contributed by atoms with van der Waals surface area (Å²) in [5.74, 6) is 1.35. The summed E-state index contributed by atoms with van der Waals surface area (Å²) in [6.07, 6.45) is 6.01. The molecule has 0 fully saturated rings. The van der Waals surface area contributed by atoms with E-state index in [-0.39, 0.29) is 11.6 Å². The maximum Gasteiger partial charge on any atom is 0.303 e. The van der Waals surface area contributed by atoms with Crippen molar-refractivity contribution in [3.63, 3.8) is 0 Å². The van der Waals surface area contributed by atoms with Crippen molar-refractivity contribution in [1.29, 1.82) is 0 Å². The summed E-state index contributed by atoms with van der Waals surface area (Å²) in [6, 6.07) is 34.2. The van der Waals surface area contributed by atoms with Crippen molar-refractivity contribution < 1.29 is 9.53 Å². The van der Waals surface area contributed by atoms with Crippen molar-refractivity contribution >= 4 is 62.3 Å². The topological polar surface area (TPSA) is 52.1 Å². The molecule has 0 saturated heterocycles. The normalized spacial score (nSPS) is 12.2. The number of hydrogen-bond acceptors (Lipinski definition) is 8. The van der Waals surface area contributed by atoms with E-state index in [1.54, 1.807) is 11.3 Å². The number of nitrogens with zero attached hydrogens (tertiary/aromatic N) is 2. The number of benzene rings is 2. The van der Waals surface area contributed by atoms with Crippen molar-refractivity contribution in [2.24, 2.45) is 11.8 Å². The van der Waals surface area contributed by atoms with Crippen LogP contribution in [0.25, 0.3) is 62.8 Å². The maximum atomic E-state index is 10.9. The highest BCUT2D eigenvalue weighted by Gasteiger charge is 2.23. The van der Waals surface area contributed by atoms with Crippen LogP contribution in [0.3, 0.4) is 0 Å². The fourth-order valence-corrected chi connectivity index (χ4v) is 10.9. The molecule has 7 aromatic rings. The summed E-state index contributed by atoms with van der Waals surface area (Å²) in [5, 5.41) is 0. The Kier molecular flexibility index (Phi) is 13.6. The van der Waals surface area contributed by atoms with Crippen molar-refractivity contribution in [3.8, 4) is 51.8 Å². The van der Waals surface area contributed by atoms with Crippen LogP contribution in [0.15, 0.2) is 97.1 Å². The Balaban J connectivity index is 0.000000258. The van der Waals surface area contributed by atoms with Gasteiger partial charge in [-0.1, -0.05) is 101 Å². The lowest BCUT2D eigenvalue weighted by Gasteiger charge is -2.26. The van der Waals surface area contributed by atoms with Gasteiger partial charge in [0.1, 0.15) is 16.6 Å². The zero-order valence-electron chi connectivity index (χ0n) is 33.3. The van der Waals surface area contributed by atoms with Crippen molar-refractivity contribution in [3.05, 3.63) is 107 Å². The van der Waals surface area contributed by atoms with E-state index in [4.69, 9.17) is 14.7 Å². The Bertz CT molecular complexity index is 2310. The number of thiophene rings is 4. The second-order valence-electron chi connectivity index (χ2n) is 15.4. The SMILES string of the molecule is CC(=O)OC(C)(C)CCC(C)CCCC(C)C.Cc1ccc(-c2ccc(-c3ccc(-c4sc(C)c5nc(-c6ccccc6)c(-c6ccccc6)nc45)s3)s2)s1. The van der Waals surface area contributed by atoms with E-state index in [0.29, 0.717) is 0 Å². The first-order valence-electron chi connectivity index (χ1n) is 19.3. The highest BCUT2D eigenvalue weighted by molar-refractivity contribution is 7.28. The molecule has 55 heavy (non-hydrogen) atoms. The minimum Gasteiger partial charge on any atom is -0.460 e. The van der Waals surface area contributed by atoms with Gasteiger partial charge in [0.05, 0.1) is 16.3 Å². The molecule has 0 spiro atoms. The fourth-order valence-electron chi connectivity index (χ4n) is 6.67. The number of carbonyl (C=O) groups excluding carboxylic acids is 1. The molecule has 0 N–H and O–H groups in total. The lowest BCUT2D eigenvalue weighted by molar-refractivity contribution is -0.154. The summed E-state index contributed by atoms with van der Waals surface area (Å²) in [4.78, 5) is 31.7. The number of esters is 1. The van der Waals surface area contributed by atoms with Crippen molar-refractivity contribution in [2.45, 2.75) is 93.1 Å². The molecule has 286 valence electrons. The quantitative estimate of drug-likeness (QED) is 0.109. The van der Waals surface area contributed by atoms with Gasteiger partial charge in [-0.05, 0) is 88.8 Å². The fraction of sp³-hybridized carbons (Fsp3) is 0.340. The predicted molar refractivity (Wildman–Crippen MR) is 241 cm³/mol. The molecule has 1 atom stereocenters. The number of carbonyl (C=O) groups is 1. The highest BCUT2D eigenvalue weighted by Crippen LogP contribution is 2.46. The lowest BCUT2D eigenvalue weighted by Crippen LogP contribution is -2.27. The van der Waals surface area contributed by atoms with E-state index in [0.717, 1.165) is 58.2 Å². The standard InChI is InChI=1S/C32H22N2S4.C15H30O2/c1-19-13-14-23(35-19)24-15-16-25(37-24)26-17-18-27(38-26)32-31-28(20(2)36-32)33-29(21-9-5-3-6-10-21)30(34-31)22-11-7-4-8-12-22;1-12(2)8-7-9-13(3)10-11-15(5,6)17-14(4)16/h3-18H,1-2H3;12-13H,7-11H2,1-6H3. The van der Waals surface area contributed by atoms with Crippen molar-refractivity contribution in [1.82, 2.24) is 9.97 Å². The van der Waals surface area contributed by atoms with Gasteiger partial charge in [0.2, 0.25) is 0 Å². The molecule has 0 saturated carbocycles. The third-order valence-corrected chi connectivity index (χ3v) is 14.4. The first kappa shape index (κ1) is 40.7. The monoisotopic (exact) mass is 804 g/mol. The molecule has 7 rings (SSSR count). The van der Waals surface area contributed by atoms with E-state index < -0.39 is 0 Å². The number of hydrogen-bond donors (Lipinski definition) is 0. The van der Waals surface area contributed by atoms with Crippen LogP contribution >= 0.6 is 45.3 Å². The highest BCUT2D eigenvalue weighted by atomic mass is 32.1. The molecule has 0 amide bonds. The van der Waals surface area contributed by atoms with E-state index in [1.165, 1.54) is 65.2 Å². The summed E-state index contributed by atoms with van der Waals surface area (Å²) in [6.45, 7) is 16.6. The Labute approximate surface area is 343 Å². The summed E-state index contributed by atoms with van der Waals surface area (Å²) < 4.78 is 5.29. The number of ether oxygens (including phenoxy) is 1. The van der Waals surface area contributed by atoms with Gasteiger partial charge in [-0.3, -0.25) is 4.79 Å². The smallest absolute Gasteiger partial charge is 0.303 e. The van der Waals surface area contributed by atoms with Crippen LogP contribution in [0, 0.1) is 25.7 Å². The zero-order valence-corrected chi connectivity index (χ0v) is 36.5. The van der Waals surface area contributed by atoms with Gasteiger partial charge < -0.3 is 4.74 Å². The number of fused-ring (bicyclic) bond motifs is 1. The molecule has 2 aromatic carbocycles. The Morgan fingerprint density at radius 3 is 1.67 bits per heavy atom. The number of rotatable bonds is 13. The Morgan fingerprint density at radius 2 is 1.15 bits per heavy atom. The molecule has 0 radical (unpaired) electrons. The number of aromatic nitrogens is 2. The lowest BCUT2D eigenvalue weighted by atomic mass is 9.91. The molecular formula is C47H52N2O2S4. The summed E-state index contributed by atoms with van der Waals surface area (Å²) in [5.41, 5.74) is 5.69. The second-order valence-corrected chi connectivity index (χ2v) is 20.1.